The lowest BCUT2D eigenvalue weighted by atomic mass is 10.2. The van der Waals surface area contributed by atoms with Gasteiger partial charge in [-0.1, -0.05) is 0 Å². The Bertz CT molecular complexity index is 586. The highest BCUT2D eigenvalue weighted by Crippen LogP contribution is 2.11. The molecule has 0 aliphatic rings. The second-order valence-corrected chi connectivity index (χ2v) is 6.27. The first-order valence-corrected chi connectivity index (χ1v) is 7.69. The average molecular weight is 297 g/mol. The van der Waals surface area contributed by atoms with Gasteiger partial charge < -0.3 is 9.47 Å². The van der Waals surface area contributed by atoms with E-state index in [1.165, 1.54) is 7.11 Å². The molecule has 0 saturated heterocycles. The molecule has 0 unspecified atom stereocenters. The van der Waals surface area contributed by atoms with Crippen LogP contribution in [0.3, 0.4) is 0 Å². The number of carbonyl (C=O) groups is 1. The molecule has 0 saturated carbocycles. The summed E-state index contributed by atoms with van der Waals surface area (Å²) < 4.78 is 32.9. The van der Waals surface area contributed by atoms with Crippen LogP contribution in [0.1, 0.15) is 12.0 Å². The molecule has 0 fully saturated rings. The Kier molecular flexibility index (Phi) is 6.00. The van der Waals surface area contributed by atoms with Crippen LogP contribution in [-0.2, 0) is 19.4 Å². The second-order valence-electron chi connectivity index (χ2n) is 3.96. The minimum absolute atomic E-state index is 0.00456. The molecule has 20 heavy (non-hydrogen) atoms. The van der Waals surface area contributed by atoms with Crippen molar-refractivity contribution in [1.82, 2.24) is 0 Å². The fourth-order valence-corrected chi connectivity index (χ4v) is 2.37. The van der Waals surface area contributed by atoms with Gasteiger partial charge in [0, 0.05) is 0 Å². The van der Waals surface area contributed by atoms with Gasteiger partial charge in [-0.2, -0.15) is 5.26 Å². The largest absolute Gasteiger partial charge is 0.493 e. The number of nitriles is 1. The van der Waals surface area contributed by atoms with E-state index >= 15 is 0 Å². The van der Waals surface area contributed by atoms with Crippen molar-refractivity contribution < 1.29 is 22.7 Å². The van der Waals surface area contributed by atoms with Crippen LogP contribution in [0.2, 0.25) is 0 Å². The third-order valence-electron chi connectivity index (χ3n) is 2.49. The van der Waals surface area contributed by atoms with Gasteiger partial charge in [0.1, 0.15) is 12.4 Å². The Morgan fingerprint density at radius 3 is 2.45 bits per heavy atom. The van der Waals surface area contributed by atoms with Gasteiger partial charge in [0.25, 0.3) is 0 Å². The van der Waals surface area contributed by atoms with E-state index in [9.17, 15) is 13.2 Å². The molecule has 0 aliphatic heterocycles. The summed E-state index contributed by atoms with van der Waals surface area (Å²) in [6.07, 6.45) is -0.157. The highest BCUT2D eigenvalue weighted by molar-refractivity contribution is 7.91. The molecule has 0 radical (unpaired) electrons. The fourth-order valence-electron chi connectivity index (χ4n) is 1.36. The first kappa shape index (κ1) is 16.0. The smallest absolute Gasteiger partial charge is 0.306 e. The molecule has 0 spiro atoms. The monoisotopic (exact) mass is 297 g/mol. The zero-order valence-corrected chi connectivity index (χ0v) is 11.9. The lowest BCUT2D eigenvalue weighted by Crippen LogP contribution is -2.19. The predicted molar refractivity (Wildman–Crippen MR) is 71.9 cm³/mol. The second kappa shape index (κ2) is 7.50. The average Bonchev–Trinajstić information content (AvgIpc) is 2.45. The number of sulfone groups is 1. The van der Waals surface area contributed by atoms with E-state index in [-0.39, 0.29) is 24.5 Å². The summed E-state index contributed by atoms with van der Waals surface area (Å²) in [4.78, 5) is 10.9. The van der Waals surface area contributed by atoms with Crippen LogP contribution in [0.25, 0.3) is 0 Å². The predicted octanol–water partition coefficient (Wildman–Crippen LogP) is 0.915. The Morgan fingerprint density at radius 1 is 1.25 bits per heavy atom. The number of hydrogen-bond acceptors (Lipinski definition) is 6. The maximum Gasteiger partial charge on any atom is 0.306 e. The maximum absolute atomic E-state index is 11.6. The van der Waals surface area contributed by atoms with E-state index in [0.717, 1.165) is 0 Å². The summed E-state index contributed by atoms with van der Waals surface area (Å²) >= 11 is 0. The van der Waals surface area contributed by atoms with Crippen molar-refractivity contribution in [2.45, 2.75) is 6.42 Å². The lowest BCUT2D eigenvalue weighted by Gasteiger charge is -2.07. The lowest BCUT2D eigenvalue weighted by molar-refractivity contribution is -0.140. The Balaban J connectivity index is 2.39. The first-order chi connectivity index (χ1) is 9.46. The van der Waals surface area contributed by atoms with Gasteiger partial charge in [0.05, 0.1) is 36.7 Å². The van der Waals surface area contributed by atoms with E-state index in [2.05, 4.69) is 4.74 Å². The molecule has 0 bridgehead atoms. The summed E-state index contributed by atoms with van der Waals surface area (Å²) in [7, 11) is -2.14. The molecular formula is C13H15NO5S. The number of ether oxygens (including phenoxy) is 2. The van der Waals surface area contributed by atoms with Crippen molar-refractivity contribution in [3.05, 3.63) is 29.8 Å². The van der Waals surface area contributed by atoms with Gasteiger partial charge >= 0.3 is 5.97 Å². The molecular weight excluding hydrogens is 282 g/mol. The van der Waals surface area contributed by atoms with Crippen LogP contribution in [0.5, 0.6) is 5.75 Å². The topological polar surface area (TPSA) is 93.5 Å². The molecule has 108 valence electrons. The molecule has 7 heteroatoms. The van der Waals surface area contributed by atoms with Crippen LogP contribution in [0, 0.1) is 11.3 Å². The number of nitrogens with zero attached hydrogens (tertiary/aromatic N) is 1. The third-order valence-corrected chi connectivity index (χ3v) is 4.11. The molecule has 0 atom stereocenters. The summed E-state index contributed by atoms with van der Waals surface area (Å²) in [5.41, 5.74) is 0.503. The van der Waals surface area contributed by atoms with Crippen molar-refractivity contribution in [3.8, 4) is 11.8 Å². The van der Waals surface area contributed by atoms with Crippen LogP contribution < -0.4 is 4.74 Å². The first-order valence-electron chi connectivity index (χ1n) is 5.87. The van der Waals surface area contributed by atoms with Gasteiger partial charge in [0.2, 0.25) is 0 Å². The summed E-state index contributed by atoms with van der Waals surface area (Å²) in [5, 5.41) is 8.63. The van der Waals surface area contributed by atoms with Gasteiger partial charge in [-0.25, -0.2) is 8.42 Å². The SMILES string of the molecule is COC(=O)CCS(=O)(=O)CCOc1ccc(C#N)cc1. The third kappa shape index (κ3) is 5.71. The Labute approximate surface area is 117 Å². The van der Waals surface area contributed by atoms with Crippen molar-refractivity contribution in [2.24, 2.45) is 0 Å². The number of methoxy groups -OCH3 is 1. The van der Waals surface area contributed by atoms with E-state index in [0.29, 0.717) is 11.3 Å². The van der Waals surface area contributed by atoms with E-state index in [1.807, 2.05) is 6.07 Å². The molecule has 0 aromatic heterocycles. The Morgan fingerprint density at radius 2 is 1.90 bits per heavy atom. The number of rotatable bonds is 7. The van der Waals surface area contributed by atoms with Gasteiger partial charge in [-0.3, -0.25) is 4.79 Å². The quantitative estimate of drug-likeness (QED) is 0.695. The van der Waals surface area contributed by atoms with E-state index in [4.69, 9.17) is 10.00 Å². The summed E-state index contributed by atoms with van der Waals surface area (Å²) in [6, 6.07) is 8.33. The van der Waals surface area contributed by atoms with Crippen LogP contribution >= 0.6 is 0 Å². The highest BCUT2D eigenvalue weighted by atomic mass is 32.2. The standard InChI is InChI=1S/C13H15NO5S/c1-18-13(15)6-8-20(16,17)9-7-19-12-4-2-11(10-14)3-5-12/h2-5H,6-9H2,1H3. The fraction of sp³-hybridized carbons (Fsp3) is 0.385. The zero-order chi connectivity index (χ0) is 15.0. The van der Waals surface area contributed by atoms with Gasteiger partial charge in [-0.05, 0) is 24.3 Å². The summed E-state index contributed by atoms with van der Waals surface area (Å²) in [5.74, 6) is -0.491. The number of hydrogen-bond donors (Lipinski definition) is 0. The Hall–Kier alpha value is -2.07. The molecule has 0 heterocycles. The number of esters is 1. The zero-order valence-electron chi connectivity index (χ0n) is 11.0. The van der Waals surface area contributed by atoms with Crippen LogP contribution in [-0.4, -0.2) is 39.6 Å². The molecule has 0 amide bonds. The highest BCUT2D eigenvalue weighted by Gasteiger charge is 2.14. The normalized spacial score (nSPS) is 10.6. The minimum Gasteiger partial charge on any atom is -0.493 e. The van der Waals surface area contributed by atoms with Crippen LogP contribution in [0.4, 0.5) is 0 Å². The summed E-state index contributed by atoms with van der Waals surface area (Å²) in [6.45, 7) is -0.00456. The van der Waals surface area contributed by atoms with Crippen LogP contribution in [0.15, 0.2) is 24.3 Å². The van der Waals surface area contributed by atoms with Crippen molar-refractivity contribution >= 4 is 15.8 Å². The maximum atomic E-state index is 11.6. The van der Waals surface area contributed by atoms with E-state index < -0.39 is 15.8 Å². The minimum atomic E-state index is -3.35. The molecule has 0 N–H and O–H groups in total. The van der Waals surface area contributed by atoms with Gasteiger partial charge in [0.15, 0.2) is 9.84 Å². The molecule has 1 rings (SSSR count). The van der Waals surface area contributed by atoms with E-state index in [1.54, 1.807) is 24.3 Å². The van der Waals surface area contributed by atoms with Crippen molar-refractivity contribution in [3.63, 3.8) is 0 Å². The van der Waals surface area contributed by atoms with Gasteiger partial charge in [-0.15, -0.1) is 0 Å². The molecule has 0 aliphatic carbocycles. The number of carbonyl (C=O) groups excluding carboxylic acids is 1. The molecule has 6 nitrogen and oxygen atoms in total. The van der Waals surface area contributed by atoms with Crippen molar-refractivity contribution in [2.75, 3.05) is 25.2 Å². The van der Waals surface area contributed by atoms with Crippen molar-refractivity contribution in [1.29, 1.82) is 5.26 Å². The molecule has 1 aromatic carbocycles. The number of benzene rings is 1. The molecule has 1 aromatic rings.